The summed E-state index contributed by atoms with van der Waals surface area (Å²) in [7, 11) is 1.16. The van der Waals surface area contributed by atoms with Crippen LogP contribution < -0.4 is 0 Å². The van der Waals surface area contributed by atoms with Gasteiger partial charge < -0.3 is 14.6 Å². The maximum absolute atomic E-state index is 12.7. The summed E-state index contributed by atoms with van der Waals surface area (Å²) >= 11 is 0. The van der Waals surface area contributed by atoms with Crippen molar-refractivity contribution in [3.05, 3.63) is 48.3 Å². The molecule has 1 aromatic carbocycles. The number of halogens is 1. The van der Waals surface area contributed by atoms with Gasteiger partial charge in [0.1, 0.15) is 11.9 Å². The molecule has 1 rings (SSSR count). The topological polar surface area (TPSA) is 55.8 Å². The molecule has 0 fully saturated rings. The second-order valence-corrected chi connectivity index (χ2v) is 3.27. The summed E-state index contributed by atoms with van der Waals surface area (Å²) in [6.45, 7) is 3.45. The molecule has 0 heterocycles. The molecule has 0 aliphatic carbocycles. The van der Waals surface area contributed by atoms with E-state index in [1.54, 1.807) is 0 Å². The lowest BCUT2D eigenvalue weighted by Crippen LogP contribution is -2.23. The molecule has 0 aromatic heterocycles. The molecule has 0 aliphatic heterocycles. The number of rotatable bonds is 4. The molecule has 0 saturated carbocycles. The number of hydrogen-bond donors (Lipinski definition) is 1. The normalized spacial score (nSPS) is 13.6. The van der Waals surface area contributed by atoms with Crippen LogP contribution in [-0.4, -0.2) is 24.5 Å². The van der Waals surface area contributed by atoms with Crippen LogP contribution in [-0.2, 0) is 9.47 Å². The standard InChI is InChI=1S/C12H13FO4/c1-3-10(17-12(15)16-2)11(14)8-4-6-9(13)7-5-8/h3-7,10-11,14H,1H2,2H3/t10-,11+/m0/s1. The van der Waals surface area contributed by atoms with Gasteiger partial charge in [0.15, 0.2) is 6.10 Å². The van der Waals surface area contributed by atoms with Crippen LogP contribution in [0, 0.1) is 5.82 Å². The molecule has 17 heavy (non-hydrogen) atoms. The molecule has 92 valence electrons. The van der Waals surface area contributed by atoms with Crippen molar-refractivity contribution in [1.29, 1.82) is 0 Å². The van der Waals surface area contributed by atoms with E-state index in [-0.39, 0.29) is 0 Å². The third kappa shape index (κ3) is 3.57. The number of aliphatic hydroxyl groups is 1. The van der Waals surface area contributed by atoms with Crippen LogP contribution in [0.5, 0.6) is 0 Å². The van der Waals surface area contributed by atoms with E-state index in [0.29, 0.717) is 5.56 Å². The Labute approximate surface area is 98.3 Å². The van der Waals surface area contributed by atoms with Gasteiger partial charge in [0.05, 0.1) is 7.11 Å². The third-order valence-corrected chi connectivity index (χ3v) is 2.15. The van der Waals surface area contributed by atoms with Gasteiger partial charge in [-0.3, -0.25) is 0 Å². The molecule has 0 radical (unpaired) electrons. The Kier molecular flexibility index (Phi) is 4.66. The van der Waals surface area contributed by atoms with Gasteiger partial charge in [-0.05, 0) is 23.8 Å². The van der Waals surface area contributed by atoms with Gasteiger partial charge in [-0.2, -0.15) is 0 Å². The number of ether oxygens (including phenoxy) is 2. The van der Waals surface area contributed by atoms with Crippen LogP contribution in [0.3, 0.4) is 0 Å². The summed E-state index contributed by atoms with van der Waals surface area (Å²) in [5.74, 6) is -0.412. The molecule has 0 saturated heterocycles. The molecule has 5 heteroatoms. The fraction of sp³-hybridized carbons (Fsp3) is 0.250. The molecule has 0 aliphatic rings. The SMILES string of the molecule is C=C[C@H](OC(=O)OC)[C@H](O)c1ccc(F)cc1. The fourth-order valence-electron chi connectivity index (χ4n) is 1.25. The summed E-state index contributed by atoms with van der Waals surface area (Å²) in [5, 5.41) is 9.89. The van der Waals surface area contributed by atoms with E-state index in [2.05, 4.69) is 11.3 Å². The van der Waals surface area contributed by atoms with E-state index < -0.39 is 24.2 Å². The zero-order chi connectivity index (χ0) is 12.8. The van der Waals surface area contributed by atoms with Crippen molar-refractivity contribution in [2.24, 2.45) is 0 Å². The zero-order valence-electron chi connectivity index (χ0n) is 9.30. The van der Waals surface area contributed by atoms with E-state index in [9.17, 15) is 14.3 Å². The van der Waals surface area contributed by atoms with Gasteiger partial charge in [0.25, 0.3) is 0 Å². The second kappa shape index (κ2) is 6.00. The average Bonchev–Trinajstić information content (AvgIpc) is 2.35. The van der Waals surface area contributed by atoms with Crippen LogP contribution in [0.25, 0.3) is 0 Å². The van der Waals surface area contributed by atoms with Crippen molar-refractivity contribution < 1.29 is 23.8 Å². The van der Waals surface area contributed by atoms with Crippen LogP contribution in [0.4, 0.5) is 9.18 Å². The first kappa shape index (κ1) is 13.2. The van der Waals surface area contributed by atoms with Gasteiger partial charge in [0.2, 0.25) is 0 Å². The lowest BCUT2D eigenvalue weighted by molar-refractivity contribution is -0.00467. The van der Waals surface area contributed by atoms with Crippen molar-refractivity contribution in [2.75, 3.05) is 7.11 Å². The summed E-state index contributed by atoms with van der Waals surface area (Å²) in [6, 6.07) is 5.21. The Morgan fingerprint density at radius 2 is 2.06 bits per heavy atom. The molecular formula is C12H13FO4. The summed E-state index contributed by atoms with van der Waals surface area (Å²) in [5.41, 5.74) is 0.417. The monoisotopic (exact) mass is 240 g/mol. The van der Waals surface area contributed by atoms with Crippen LogP contribution in [0.15, 0.2) is 36.9 Å². The quantitative estimate of drug-likeness (QED) is 0.647. The molecule has 4 nitrogen and oxygen atoms in total. The fourth-order valence-corrected chi connectivity index (χ4v) is 1.25. The van der Waals surface area contributed by atoms with Crippen molar-refractivity contribution in [3.63, 3.8) is 0 Å². The lowest BCUT2D eigenvalue weighted by atomic mass is 10.0. The predicted molar refractivity (Wildman–Crippen MR) is 58.8 cm³/mol. The number of methoxy groups -OCH3 is 1. The number of carbonyl (C=O) groups excluding carboxylic acids is 1. The predicted octanol–water partition coefficient (Wildman–Crippen LogP) is 2.20. The minimum absolute atomic E-state index is 0.412. The Balaban J connectivity index is 2.78. The Morgan fingerprint density at radius 1 is 1.47 bits per heavy atom. The van der Waals surface area contributed by atoms with E-state index in [1.807, 2.05) is 0 Å². The molecule has 0 unspecified atom stereocenters. The highest BCUT2D eigenvalue weighted by Crippen LogP contribution is 2.20. The highest BCUT2D eigenvalue weighted by Gasteiger charge is 2.22. The maximum Gasteiger partial charge on any atom is 0.508 e. The number of aliphatic hydroxyl groups excluding tert-OH is 1. The van der Waals surface area contributed by atoms with Crippen molar-refractivity contribution in [3.8, 4) is 0 Å². The van der Waals surface area contributed by atoms with Gasteiger partial charge >= 0.3 is 6.16 Å². The van der Waals surface area contributed by atoms with Crippen LogP contribution >= 0.6 is 0 Å². The minimum atomic E-state index is -1.12. The smallest absolute Gasteiger partial charge is 0.438 e. The third-order valence-electron chi connectivity index (χ3n) is 2.15. The molecule has 0 bridgehead atoms. The Hall–Kier alpha value is -1.88. The van der Waals surface area contributed by atoms with Gasteiger partial charge in [-0.15, -0.1) is 0 Å². The molecule has 2 atom stereocenters. The lowest BCUT2D eigenvalue weighted by Gasteiger charge is -2.19. The van der Waals surface area contributed by atoms with Gasteiger partial charge in [0, 0.05) is 0 Å². The second-order valence-electron chi connectivity index (χ2n) is 3.27. The number of carbonyl (C=O) groups is 1. The molecule has 1 aromatic rings. The Morgan fingerprint density at radius 3 is 2.53 bits per heavy atom. The van der Waals surface area contributed by atoms with Gasteiger partial charge in [-0.25, -0.2) is 9.18 Å². The minimum Gasteiger partial charge on any atom is -0.438 e. The summed E-state index contributed by atoms with van der Waals surface area (Å²) < 4.78 is 21.8. The number of hydrogen-bond acceptors (Lipinski definition) is 4. The largest absolute Gasteiger partial charge is 0.508 e. The highest BCUT2D eigenvalue weighted by atomic mass is 19.1. The summed E-state index contributed by atoms with van der Waals surface area (Å²) in [6.07, 6.45) is -1.72. The first-order valence-corrected chi connectivity index (χ1v) is 4.89. The van der Waals surface area contributed by atoms with Gasteiger partial charge in [-0.1, -0.05) is 18.7 Å². The van der Waals surface area contributed by atoms with E-state index in [4.69, 9.17) is 4.74 Å². The van der Waals surface area contributed by atoms with Crippen molar-refractivity contribution in [2.45, 2.75) is 12.2 Å². The Bertz CT molecular complexity index is 388. The van der Waals surface area contributed by atoms with Crippen molar-refractivity contribution in [1.82, 2.24) is 0 Å². The summed E-state index contributed by atoms with van der Waals surface area (Å²) in [4.78, 5) is 10.9. The van der Waals surface area contributed by atoms with E-state index >= 15 is 0 Å². The first-order chi connectivity index (χ1) is 8.08. The first-order valence-electron chi connectivity index (χ1n) is 4.89. The maximum atomic E-state index is 12.7. The molecule has 1 N–H and O–H groups in total. The number of benzene rings is 1. The van der Waals surface area contributed by atoms with E-state index in [1.165, 1.54) is 30.3 Å². The van der Waals surface area contributed by atoms with Crippen molar-refractivity contribution >= 4 is 6.16 Å². The van der Waals surface area contributed by atoms with E-state index in [0.717, 1.165) is 7.11 Å². The highest BCUT2D eigenvalue weighted by molar-refractivity contribution is 5.60. The average molecular weight is 240 g/mol. The molecule has 0 spiro atoms. The van der Waals surface area contributed by atoms with Crippen LogP contribution in [0.2, 0.25) is 0 Å². The van der Waals surface area contributed by atoms with Crippen LogP contribution in [0.1, 0.15) is 11.7 Å². The zero-order valence-corrected chi connectivity index (χ0v) is 9.30. The molecule has 0 amide bonds. The molecular weight excluding hydrogens is 227 g/mol.